The third-order valence-corrected chi connectivity index (χ3v) is 13.4. The van der Waals surface area contributed by atoms with Crippen LogP contribution in [0.1, 0.15) is 0 Å². The van der Waals surface area contributed by atoms with Crippen LogP contribution in [-0.4, -0.2) is 0 Å². The summed E-state index contributed by atoms with van der Waals surface area (Å²) in [4.78, 5) is 0. The molecule has 0 bridgehead atoms. The van der Waals surface area contributed by atoms with Gasteiger partial charge in [0, 0.05) is 21.5 Å². The maximum Gasteiger partial charge on any atom is 0.136 e. The predicted molar refractivity (Wildman–Crippen MR) is 262 cm³/mol. The van der Waals surface area contributed by atoms with Crippen LogP contribution < -0.4 is 0 Å². The minimum absolute atomic E-state index is 0.891. The van der Waals surface area contributed by atoms with Gasteiger partial charge in [0.2, 0.25) is 0 Å². The minimum Gasteiger partial charge on any atom is -0.456 e. The van der Waals surface area contributed by atoms with Crippen LogP contribution in [0.3, 0.4) is 0 Å². The fourth-order valence-electron chi connectivity index (χ4n) is 10.5. The third-order valence-electron chi connectivity index (χ3n) is 13.4. The molecule has 0 aliphatic heterocycles. The first kappa shape index (κ1) is 33.6. The number of rotatable bonds is 3. The number of hydrogen-bond donors (Lipinski definition) is 0. The lowest BCUT2D eigenvalue weighted by Gasteiger charge is -2.14. The van der Waals surface area contributed by atoms with Gasteiger partial charge in [0.1, 0.15) is 22.3 Å². The Morgan fingerprint density at radius 1 is 0.194 bits per heavy atom. The molecule has 0 saturated heterocycles. The van der Waals surface area contributed by atoms with Crippen LogP contribution in [0.15, 0.2) is 215 Å². The number of benzene rings is 12. The summed E-state index contributed by atoms with van der Waals surface area (Å²) in [7, 11) is 0. The summed E-state index contributed by atoms with van der Waals surface area (Å²) in [5, 5.41) is 19.7. The van der Waals surface area contributed by atoms with Gasteiger partial charge in [-0.05, 0) is 153 Å². The summed E-state index contributed by atoms with van der Waals surface area (Å²) in [6, 6.07) is 75.1. The van der Waals surface area contributed by atoms with Gasteiger partial charge in [0.05, 0.1) is 0 Å². The van der Waals surface area contributed by atoms with Gasteiger partial charge < -0.3 is 8.83 Å². The highest BCUT2D eigenvalue weighted by molar-refractivity contribution is 6.28. The van der Waals surface area contributed by atoms with Crippen molar-refractivity contribution >= 4 is 109 Å². The highest BCUT2D eigenvalue weighted by atomic mass is 16.3. The number of furan rings is 2. The second-order valence-electron chi connectivity index (χ2n) is 16.7. The normalized spacial score (nSPS) is 12.2. The molecule has 2 aromatic heterocycles. The van der Waals surface area contributed by atoms with Crippen LogP contribution in [0.5, 0.6) is 0 Å². The average molecular weight is 787 g/mol. The lowest BCUT2D eigenvalue weighted by atomic mass is 9.89. The average Bonchev–Trinajstić information content (AvgIpc) is 3.91. The Morgan fingerprint density at radius 2 is 0.532 bits per heavy atom. The van der Waals surface area contributed by atoms with E-state index in [2.05, 4.69) is 194 Å². The van der Waals surface area contributed by atoms with Crippen LogP contribution in [0.4, 0.5) is 0 Å². The summed E-state index contributed by atoms with van der Waals surface area (Å²) >= 11 is 0. The molecule has 286 valence electrons. The zero-order valence-electron chi connectivity index (χ0n) is 33.4. The van der Waals surface area contributed by atoms with E-state index in [1.807, 2.05) is 12.1 Å². The number of fused-ring (bicyclic) bond motifs is 18. The molecule has 14 rings (SSSR count). The Hall–Kier alpha value is -8.20. The van der Waals surface area contributed by atoms with Gasteiger partial charge in [-0.2, -0.15) is 0 Å². The van der Waals surface area contributed by atoms with Gasteiger partial charge in [0.15, 0.2) is 0 Å². The monoisotopic (exact) mass is 786 g/mol. The molecule has 62 heavy (non-hydrogen) atoms. The van der Waals surface area contributed by atoms with Crippen molar-refractivity contribution in [3.05, 3.63) is 206 Å². The van der Waals surface area contributed by atoms with Gasteiger partial charge in [-0.25, -0.2) is 0 Å². The molecule has 0 fully saturated rings. The van der Waals surface area contributed by atoms with E-state index in [4.69, 9.17) is 8.83 Å². The largest absolute Gasteiger partial charge is 0.456 e. The van der Waals surface area contributed by atoms with Crippen molar-refractivity contribution in [1.82, 2.24) is 0 Å². The summed E-state index contributed by atoms with van der Waals surface area (Å²) in [5.41, 5.74) is 10.6. The smallest absolute Gasteiger partial charge is 0.136 e. The summed E-state index contributed by atoms with van der Waals surface area (Å²) in [5.74, 6) is 0. The molecule has 0 radical (unpaired) electrons. The maximum absolute atomic E-state index is 6.69. The van der Waals surface area contributed by atoms with Crippen LogP contribution in [0.2, 0.25) is 0 Å². The molecule has 14 aromatic rings. The molecular formula is C60H34O2. The molecule has 2 heterocycles. The van der Waals surface area contributed by atoms with E-state index in [1.165, 1.54) is 81.3 Å². The first-order valence-electron chi connectivity index (χ1n) is 21.3. The lowest BCUT2D eigenvalue weighted by Crippen LogP contribution is -1.87. The van der Waals surface area contributed by atoms with Crippen LogP contribution >= 0.6 is 0 Å². The number of para-hydroxylation sites is 1. The summed E-state index contributed by atoms with van der Waals surface area (Å²) in [6.07, 6.45) is 0. The molecule has 2 nitrogen and oxygen atoms in total. The van der Waals surface area contributed by atoms with E-state index >= 15 is 0 Å². The van der Waals surface area contributed by atoms with Gasteiger partial charge in [-0.1, -0.05) is 152 Å². The van der Waals surface area contributed by atoms with Crippen molar-refractivity contribution in [3.63, 3.8) is 0 Å². The molecule has 0 atom stereocenters. The lowest BCUT2D eigenvalue weighted by molar-refractivity contribution is 0.668. The van der Waals surface area contributed by atoms with E-state index in [-0.39, 0.29) is 0 Å². The van der Waals surface area contributed by atoms with E-state index in [9.17, 15) is 0 Å². The van der Waals surface area contributed by atoms with Gasteiger partial charge in [-0.3, -0.25) is 0 Å². The Bertz CT molecular complexity index is 4160. The van der Waals surface area contributed by atoms with Crippen molar-refractivity contribution in [2.24, 2.45) is 0 Å². The van der Waals surface area contributed by atoms with Gasteiger partial charge in [-0.15, -0.1) is 0 Å². The highest BCUT2D eigenvalue weighted by Gasteiger charge is 2.17. The van der Waals surface area contributed by atoms with Crippen molar-refractivity contribution in [3.8, 4) is 33.4 Å². The SMILES string of the molecule is c1ccc2c(c1)oc1cccc(-c3ccc4c5ccc(-c6ccc7c(c6)oc6cc(-c8ccc9c%10ccccc%10c%10ccccc%10c9c8)ccc67)cc5c5ccccc5c4c3)c12. The Balaban J connectivity index is 0.871. The first-order chi connectivity index (χ1) is 30.7. The van der Waals surface area contributed by atoms with Crippen LogP contribution in [0.25, 0.3) is 142 Å². The van der Waals surface area contributed by atoms with Crippen LogP contribution in [-0.2, 0) is 0 Å². The zero-order chi connectivity index (χ0) is 40.5. The summed E-state index contributed by atoms with van der Waals surface area (Å²) in [6.45, 7) is 0. The molecule has 0 amide bonds. The predicted octanol–water partition coefficient (Wildman–Crippen LogP) is 17.4. The first-order valence-corrected chi connectivity index (χ1v) is 21.3. The Labute approximate surface area is 355 Å². The van der Waals surface area contributed by atoms with E-state index in [0.29, 0.717) is 0 Å². The van der Waals surface area contributed by atoms with Crippen molar-refractivity contribution < 1.29 is 8.83 Å². The molecule has 0 aliphatic rings. The molecule has 0 saturated carbocycles. The Kier molecular flexibility index (Phi) is 6.86. The molecule has 0 N–H and O–H groups in total. The summed E-state index contributed by atoms with van der Waals surface area (Å²) < 4.78 is 13.0. The molecule has 12 aromatic carbocycles. The van der Waals surface area contributed by atoms with E-state index < -0.39 is 0 Å². The molecule has 0 aliphatic carbocycles. The standard InChI is InChI=1S/C60H34O2/c1-2-12-43-41(10-1)42-11-3-4-13-44(42)53-30-35(20-25-47(43)53)37-22-28-50-51-29-23-38(34-59(51)62-58(50)33-37)36-21-26-48-49-27-24-39(32-55(49)46-15-6-5-14-45(46)54(48)31-36)40-17-9-19-57-60(40)52-16-7-8-18-56(52)61-57/h1-34H. The van der Waals surface area contributed by atoms with Crippen molar-refractivity contribution in [2.75, 3.05) is 0 Å². The molecule has 0 unspecified atom stereocenters. The molecule has 2 heteroatoms. The number of hydrogen-bond acceptors (Lipinski definition) is 2. The molecule has 0 spiro atoms. The highest BCUT2D eigenvalue weighted by Crippen LogP contribution is 2.43. The van der Waals surface area contributed by atoms with Crippen molar-refractivity contribution in [1.29, 1.82) is 0 Å². The van der Waals surface area contributed by atoms with Gasteiger partial charge in [0.25, 0.3) is 0 Å². The maximum atomic E-state index is 6.69. The third kappa shape index (κ3) is 4.80. The minimum atomic E-state index is 0.891. The quantitative estimate of drug-likeness (QED) is 0.167. The zero-order valence-corrected chi connectivity index (χ0v) is 33.4. The van der Waals surface area contributed by atoms with Gasteiger partial charge >= 0.3 is 0 Å². The fraction of sp³-hybridized carbons (Fsp3) is 0. The Morgan fingerprint density at radius 3 is 1.03 bits per heavy atom. The second kappa shape index (κ2) is 12.7. The topological polar surface area (TPSA) is 26.3 Å². The fourth-order valence-corrected chi connectivity index (χ4v) is 10.5. The molecular weight excluding hydrogens is 753 g/mol. The van der Waals surface area contributed by atoms with Crippen molar-refractivity contribution in [2.45, 2.75) is 0 Å². The van der Waals surface area contributed by atoms with Crippen LogP contribution in [0, 0.1) is 0 Å². The van der Waals surface area contributed by atoms with E-state index in [0.717, 1.165) is 60.6 Å². The van der Waals surface area contributed by atoms with E-state index in [1.54, 1.807) is 0 Å². The second-order valence-corrected chi connectivity index (χ2v) is 16.7.